The molecule has 0 radical (unpaired) electrons. The molecular weight excluding hydrogens is 274 g/mol. The molecular formula is C14H20N3O4+. The first-order chi connectivity index (χ1) is 9.98. The van der Waals surface area contributed by atoms with Crippen LogP contribution < -0.4 is 15.1 Å². The molecule has 0 aliphatic rings. The molecule has 0 atom stereocenters. The number of rotatable bonds is 5. The minimum absolute atomic E-state index is 0.105. The number of aromatic nitrogens is 2. The third-order valence-corrected chi connectivity index (χ3v) is 3.42. The van der Waals surface area contributed by atoms with Gasteiger partial charge >= 0.3 is 5.95 Å². The summed E-state index contributed by atoms with van der Waals surface area (Å²) in [5, 5.41) is 0.480. The number of hydroxylamine groups is 2. The van der Waals surface area contributed by atoms with Crippen molar-refractivity contribution in [3.63, 3.8) is 0 Å². The monoisotopic (exact) mass is 294 g/mol. The van der Waals surface area contributed by atoms with Crippen LogP contribution in [0.1, 0.15) is 13.8 Å². The van der Waals surface area contributed by atoms with Crippen LogP contribution >= 0.6 is 0 Å². The number of nitrogens with one attached hydrogen (secondary N) is 1. The number of methoxy groups -OCH3 is 1. The highest BCUT2D eigenvalue weighted by Gasteiger charge is 2.41. The number of hydrogen-bond donors (Lipinski definition) is 1. The Labute approximate surface area is 122 Å². The van der Waals surface area contributed by atoms with Crippen molar-refractivity contribution in [2.45, 2.75) is 19.9 Å². The van der Waals surface area contributed by atoms with Crippen LogP contribution in [0.15, 0.2) is 23.0 Å². The number of quaternary nitrogens is 1. The maximum atomic E-state index is 12.2. The highest BCUT2D eigenvalue weighted by atomic mass is 17.0. The minimum atomic E-state index is -0.345. The molecule has 7 nitrogen and oxygen atoms in total. The summed E-state index contributed by atoms with van der Waals surface area (Å²) in [5.74, 6) is 0.907. The predicted octanol–water partition coefficient (Wildman–Crippen LogP) is 1.77. The lowest BCUT2D eigenvalue weighted by molar-refractivity contribution is -0.347. The second kappa shape index (κ2) is 5.80. The van der Waals surface area contributed by atoms with E-state index in [2.05, 4.69) is 9.97 Å². The van der Waals surface area contributed by atoms with Gasteiger partial charge in [-0.2, -0.15) is 14.7 Å². The van der Waals surface area contributed by atoms with Crippen molar-refractivity contribution in [3.05, 3.63) is 28.6 Å². The van der Waals surface area contributed by atoms with Gasteiger partial charge < -0.3 is 4.74 Å². The van der Waals surface area contributed by atoms with Crippen LogP contribution in [-0.4, -0.2) is 37.3 Å². The lowest BCUT2D eigenvalue weighted by atomic mass is 10.2. The molecule has 0 amide bonds. The molecule has 2 aromatic rings. The fourth-order valence-corrected chi connectivity index (χ4v) is 2.30. The molecule has 114 valence electrons. The Balaban J connectivity index is 2.72. The third kappa shape index (κ3) is 2.51. The van der Waals surface area contributed by atoms with Crippen molar-refractivity contribution >= 4 is 16.9 Å². The van der Waals surface area contributed by atoms with Crippen LogP contribution in [0.2, 0.25) is 0 Å². The molecule has 21 heavy (non-hydrogen) atoms. The topological polar surface area (TPSA) is 73.4 Å². The Morgan fingerprint density at radius 2 is 1.86 bits per heavy atom. The van der Waals surface area contributed by atoms with E-state index in [-0.39, 0.29) is 22.4 Å². The zero-order valence-corrected chi connectivity index (χ0v) is 12.8. The predicted molar refractivity (Wildman–Crippen MR) is 79.9 cm³/mol. The van der Waals surface area contributed by atoms with Gasteiger partial charge in [0.25, 0.3) is 5.56 Å². The van der Waals surface area contributed by atoms with Crippen LogP contribution in [-0.2, 0) is 9.68 Å². The van der Waals surface area contributed by atoms with Crippen molar-refractivity contribution in [3.8, 4) is 5.75 Å². The molecule has 1 aromatic carbocycles. The smallest absolute Gasteiger partial charge is 0.378 e. The average molecular weight is 294 g/mol. The van der Waals surface area contributed by atoms with E-state index in [4.69, 9.17) is 14.4 Å². The van der Waals surface area contributed by atoms with Gasteiger partial charge in [0.05, 0.1) is 18.0 Å². The molecule has 1 N–H and O–H groups in total. The molecule has 0 bridgehead atoms. The van der Waals surface area contributed by atoms with E-state index in [1.807, 2.05) is 13.8 Å². The summed E-state index contributed by atoms with van der Waals surface area (Å²) in [4.78, 5) is 30.0. The van der Waals surface area contributed by atoms with E-state index in [1.165, 1.54) is 14.2 Å². The van der Waals surface area contributed by atoms with Gasteiger partial charge in [-0.1, -0.05) is 0 Å². The van der Waals surface area contributed by atoms with Crippen LogP contribution in [0.5, 0.6) is 5.75 Å². The summed E-state index contributed by atoms with van der Waals surface area (Å²) in [5.41, 5.74) is 0.264. The largest absolute Gasteiger partial charge is 0.497 e. The average Bonchev–Trinajstić information content (AvgIpc) is 2.48. The van der Waals surface area contributed by atoms with Gasteiger partial charge in [0.2, 0.25) is 0 Å². The number of fused-ring (bicyclic) bond motifs is 1. The Morgan fingerprint density at radius 1 is 1.19 bits per heavy atom. The number of aromatic amines is 1. The Kier molecular flexibility index (Phi) is 4.26. The molecule has 0 aliphatic heterocycles. The molecule has 2 rings (SSSR count). The first kappa shape index (κ1) is 15.4. The summed E-state index contributed by atoms with van der Waals surface area (Å²) in [6.07, 6.45) is 0. The third-order valence-electron chi connectivity index (χ3n) is 3.42. The molecule has 0 aliphatic carbocycles. The van der Waals surface area contributed by atoms with Gasteiger partial charge in [-0.25, -0.2) is 0 Å². The second-order valence-electron chi connectivity index (χ2n) is 4.83. The fourth-order valence-electron chi connectivity index (χ4n) is 2.30. The first-order valence-electron chi connectivity index (χ1n) is 6.57. The van der Waals surface area contributed by atoms with E-state index < -0.39 is 0 Å². The van der Waals surface area contributed by atoms with Crippen LogP contribution in [0.4, 0.5) is 5.95 Å². The quantitative estimate of drug-likeness (QED) is 0.672. The number of ether oxygens (including phenoxy) is 1. The van der Waals surface area contributed by atoms with Crippen molar-refractivity contribution in [1.29, 1.82) is 0 Å². The molecule has 1 aromatic heterocycles. The Morgan fingerprint density at radius 3 is 2.38 bits per heavy atom. The van der Waals surface area contributed by atoms with Crippen molar-refractivity contribution < 1.29 is 14.4 Å². The van der Waals surface area contributed by atoms with E-state index in [0.29, 0.717) is 16.7 Å². The first-order valence-corrected chi connectivity index (χ1v) is 6.57. The number of benzene rings is 1. The maximum absolute atomic E-state index is 12.2. The molecule has 0 saturated heterocycles. The summed E-state index contributed by atoms with van der Waals surface area (Å²) >= 11 is 0. The number of nitrogens with zero attached hydrogens (tertiary/aromatic N) is 2. The lowest BCUT2D eigenvalue weighted by Gasteiger charge is -2.30. The van der Waals surface area contributed by atoms with Crippen LogP contribution in [0.3, 0.4) is 0 Å². The Hall–Kier alpha value is -1.96. The van der Waals surface area contributed by atoms with Gasteiger partial charge in [-0.15, -0.1) is 0 Å². The molecule has 1 heterocycles. The fraction of sp³-hybridized carbons (Fsp3) is 0.429. The van der Waals surface area contributed by atoms with Crippen molar-refractivity contribution in [1.82, 2.24) is 14.8 Å². The molecule has 0 spiro atoms. The molecule has 7 heteroatoms. The zero-order valence-electron chi connectivity index (χ0n) is 12.8. The second-order valence-corrected chi connectivity index (χ2v) is 4.83. The van der Waals surface area contributed by atoms with Gasteiger partial charge in [0.15, 0.2) is 6.04 Å². The minimum Gasteiger partial charge on any atom is -0.497 e. The number of H-pyrrole nitrogens is 1. The van der Waals surface area contributed by atoms with Crippen molar-refractivity contribution in [2.75, 3.05) is 21.3 Å². The Bertz CT molecular complexity index is 692. The van der Waals surface area contributed by atoms with E-state index in [9.17, 15) is 4.79 Å². The molecule has 0 unspecified atom stereocenters. The lowest BCUT2D eigenvalue weighted by Crippen LogP contribution is -2.54. The number of hydrogen-bond acceptors (Lipinski definition) is 5. The van der Waals surface area contributed by atoms with E-state index in [1.54, 1.807) is 25.3 Å². The SMILES string of the molecule is COc1ccc2c(=O)[nH]c([N+](OC)(OC)C(C)C)nc2c1. The normalized spacial score (nSPS) is 12.1. The standard InChI is InChI=1S/C14H19N3O4/c1-9(2)17(20-4,21-5)14-15-12-8-10(19-3)6-7-11(12)13(18)16-14/h6-9H,1-5H3/p+1. The van der Waals surface area contributed by atoms with E-state index in [0.717, 1.165) is 0 Å². The van der Waals surface area contributed by atoms with Crippen LogP contribution in [0.25, 0.3) is 10.9 Å². The molecule has 0 saturated carbocycles. The van der Waals surface area contributed by atoms with Gasteiger partial charge in [-0.05, 0) is 26.0 Å². The van der Waals surface area contributed by atoms with Gasteiger partial charge in [0, 0.05) is 10.9 Å². The van der Waals surface area contributed by atoms with Crippen LogP contribution in [0, 0.1) is 0 Å². The van der Waals surface area contributed by atoms with Gasteiger partial charge in [0.1, 0.15) is 20.0 Å². The van der Waals surface area contributed by atoms with Crippen molar-refractivity contribution in [2.24, 2.45) is 0 Å². The zero-order chi connectivity index (χ0) is 15.6. The summed E-state index contributed by atoms with van der Waals surface area (Å²) in [6.45, 7) is 3.81. The van der Waals surface area contributed by atoms with E-state index >= 15 is 0 Å². The summed E-state index contributed by atoms with van der Waals surface area (Å²) < 4.78 is 5.17. The maximum Gasteiger partial charge on any atom is 0.378 e. The summed E-state index contributed by atoms with van der Waals surface area (Å²) in [7, 11) is 4.56. The molecule has 0 fully saturated rings. The highest BCUT2D eigenvalue weighted by molar-refractivity contribution is 5.79. The summed E-state index contributed by atoms with van der Waals surface area (Å²) in [6, 6.07) is 4.99. The van der Waals surface area contributed by atoms with Gasteiger partial charge in [-0.3, -0.25) is 9.78 Å². The highest BCUT2D eigenvalue weighted by Crippen LogP contribution is 2.25.